The monoisotopic (exact) mass is 405 g/mol. The molecule has 0 amide bonds. The third kappa shape index (κ3) is 7.50. The number of unbranched alkanes of at least 4 members (excludes halogenated alkanes) is 1. The van der Waals surface area contributed by atoms with Gasteiger partial charge in [-0.15, -0.1) is 24.0 Å². The van der Waals surface area contributed by atoms with Gasteiger partial charge in [-0.05, 0) is 31.9 Å². The topological polar surface area (TPSA) is 66.5 Å². The van der Waals surface area contributed by atoms with E-state index in [2.05, 4.69) is 47.0 Å². The number of nitrogens with zero attached hydrogens (tertiary/aromatic N) is 3. The molecule has 0 unspecified atom stereocenters. The second-order valence-electron chi connectivity index (χ2n) is 4.68. The molecule has 0 saturated carbocycles. The highest BCUT2D eigenvalue weighted by atomic mass is 127. The van der Waals surface area contributed by atoms with E-state index in [9.17, 15) is 0 Å². The molecule has 0 bridgehead atoms. The van der Waals surface area contributed by atoms with E-state index in [0.29, 0.717) is 12.5 Å². The van der Waals surface area contributed by atoms with E-state index in [1.54, 1.807) is 0 Å². The first kappa shape index (κ1) is 19.9. The highest BCUT2D eigenvalue weighted by molar-refractivity contribution is 14.0. The van der Waals surface area contributed by atoms with Gasteiger partial charge in [0.25, 0.3) is 0 Å². The molecule has 5 nitrogen and oxygen atoms in total. The number of anilines is 1. The number of pyridine rings is 1. The Bertz CT molecular complexity index is 401. The van der Waals surface area contributed by atoms with Crippen molar-refractivity contribution >= 4 is 35.8 Å². The Morgan fingerprint density at radius 3 is 2.52 bits per heavy atom. The Balaban J connectivity index is 0.00000400. The van der Waals surface area contributed by atoms with E-state index < -0.39 is 0 Å². The zero-order valence-electron chi connectivity index (χ0n) is 13.3. The Hall–Kier alpha value is -1.05. The van der Waals surface area contributed by atoms with Crippen molar-refractivity contribution in [3.05, 3.63) is 23.9 Å². The minimum Gasteiger partial charge on any atom is -0.370 e. The van der Waals surface area contributed by atoms with Crippen molar-refractivity contribution in [2.75, 3.05) is 24.5 Å². The second-order valence-corrected chi connectivity index (χ2v) is 4.68. The Kier molecular flexibility index (Phi) is 11.0. The molecule has 0 radical (unpaired) electrons. The lowest BCUT2D eigenvalue weighted by Gasteiger charge is -2.19. The molecule has 6 heteroatoms. The Labute approximate surface area is 145 Å². The van der Waals surface area contributed by atoms with Gasteiger partial charge in [0, 0.05) is 25.8 Å². The van der Waals surface area contributed by atoms with E-state index in [1.165, 1.54) is 0 Å². The average Bonchev–Trinajstić information content (AvgIpc) is 2.48. The van der Waals surface area contributed by atoms with E-state index in [4.69, 9.17) is 5.73 Å². The zero-order chi connectivity index (χ0) is 14.8. The lowest BCUT2D eigenvalue weighted by atomic mass is 10.3. The van der Waals surface area contributed by atoms with Crippen LogP contribution in [0.15, 0.2) is 23.3 Å². The van der Waals surface area contributed by atoms with E-state index in [0.717, 1.165) is 43.9 Å². The molecule has 0 aromatic carbocycles. The minimum absolute atomic E-state index is 0. The van der Waals surface area contributed by atoms with E-state index in [1.807, 2.05) is 12.3 Å². The standard InChI is InChI=1S/C15H27N5.HI/c1-4-7-10-17-15(16)19-12-13-8-9-14(18-11-13)20(5-2)6-3;/h8-9,11H,4-7,10,12H2,1-3H3,(H3,16,17,19);1H. The van der Waals surface area contributed by atoms with Gasteiger partial charge in [0.15, 0.2) is 5.96 Å². The predicted molar refractivity (Wildman–Crippen MR) is 101 cm³/mol. The first-order chi connectivity index (χ1) is 9.71. The van der Waals surface area contributed by atoms with Crippen molar-refractivity contribution in [3.63, 3.8) is 0 Å². The van der Waals surface area contributed by atoms with Gasteiger partial charge in [0.1, 0.15) is 5.82 Å². The molecule has 0 fully saturated rings. The van der Waals surface area contributed by atoms with Crippen molar-refractivity contribution in [2.24, 2.45) is 10.7 Å². The van der Waals surface area contributed by atoms with Crippen molar-refractivity contribution in [1.82, 2.24) is 10.3 Å². The predicted octanol–water partition coefficient (Wildman–Crippen LogP) is 2.75. The maximum Gasteiger partial charge on any atom is 0.188 e. The summed E-state index contributed by atoms with van der Waals surface area (Å²) in [5.74, 6) is 1.52. The fourth-order valence-corrected chi connectivity index (χ4v) is 1.87. The molecule has 0 aliphatic rings. The Morgan fingerprint density at radius 1 is 1.29 bits per heavy atom. The number of hydrogen-bond acceptors (Lipinski definition) is 3. The van der Waals surface area contributed by atoms with Crippen LogP contribution in [-0.2, 0) is 6.54 Å². The summed E-state index contributed by atoms with van der Waals surface area (Å²) >= 11 is 0. The molecule has 1 aromatic heterocycles. The molecule has 3 N–H and O–H groups in total. The molecule has 1 rings (SSSR count). The summed E-state index contributed by atoms with van der Waals surface area (Å²) in [5.41, 5.74) is 6.86. The van der Waals surface area contributed by atoms with Crippen LogP contribution in [0.4, 0.5) is 5.82 Å². The van der Waals surface area contributed by atoms with Gasteiger partial charge in [0.05, 0.1) is 6.54 Å². The number of aliphatic imine (C=N–C) groups is 1. The van der Waals surface area contributed by atoms with E-state index in [-0.39, 0.29) is 24.0 Å². The smallest absolute Gasteiger partial charge is 0.188 e. The highest BCUT2D eigenvalue weighted by Gasteiger charge is 2.02. The summed E-state index contributed by atoms with van der Waals surface area (Å²) in [6, 6.07) is 4.10. The fraction of sp³-hybridized carbons (Fsp3) is 0.600. The quantitative estimate of drug-likeness (QED) is 0.302. The number of halogens is 1. The number of nitrogens with two attached hydrogens (primary N) is 1. The third-order valence-electron chi connectivity index (χ3n) is 3.16. The fourth-order valence-electron chi connectivity index (χ4n) is 1.87. The maximum atomic E-state index is 5.79. The second kappa shape index (κ2) is 11.6. The van der Waals surface area contributed by atoms with Crippen LogP contribution in [0.1, 0.15) is 39.2 Å². The summed E-state index contributed by atoms with van der Waals surface area (Å²) in [7, 11) is 0. The number of nitrogens with one attached hydrogen (secondary N) is 1. The lowest BCUT2D eigenvalue weighted by Crippen LogP contribution is -2.32. The van der Waals surface area contributed by atoms with Crippen LogP contribution in [0.25, 0.3) is 0 Å². The lowest BCUT2D eigenvalue weighted by molar-refractivity contribution is 0.748. The molecule has 1 heterocycles. The SMILES string of the molecule is CCCCNC(N)=NCc1ccc(N(CC)CC)nc1.I. The number of rotatable bonds is 8. The third-order valence-corrected chi connectivity index (χ3v) is 3.16. The van der Waals surface area contributed by atoms with Crippen molar-refractivity contribution < 1.29 is 0 Å². The van der Waals surface area contributed by atoms with Crippen molar-refractivity contribution in [2.45, 2.75) is 40.2 Å². The van der Waals surface area contributed by atoms with Gasteiger partial charge in [0.2, 0.25) is 0 Å². The Morgan fingerprint density at radius 2 is 2.00 bits per heavy atom. The first-order valence-corrected chi connectivity index (χ1v) is 7.44. The van der Waals surface area contributed by atoms with E-state index >= 15 is 0 Å². The summed E-state index contributed by atoms with van der Waals surface area (Å²) < 4.78 is 0. The van der Waals surface area contributed by atoms with Gasteiger partial charge < -0.3 is 16.0 Å². The van der Waals surface area contributed by atoms with Crippen LogP contribution in [0, 0.1) is 0 Å². The van der Waals surface area contributed by atoms with Gasteiger partial charge >= 0.3 is 0 Å². The van der Waals surface area contributed by atoms with Gasteiger partial charge in [-0.2, -0.15) is 0 Å². The molecule has 0 atom stereocenters. The normalized spacial score (nSPS) is 10.9. The largest absolute Gasteiger partial charge is 0.370 e. The summed E-state index contributed by atoms with van der Waals surface area (Å²) in [6.07, 6.45) is 4.13. The maximum absolute atomic E-state index is 5.79. The minimum atomic E-state index is 0. The van der Waals surface area contributed by atoms with Gasteiger partial charge in [-0.3, -0.25) is 0 Å². The van der Waals surface area contributed by atoms with Gasteiger partial charge in [-0.25, -0.2) is 9.98 Å². The molecule has 0 aliphatic carbocycles. The molecule has 0 saturated heterocycles. The zero-order valence-corrected chi connectivity index (χ0v) is 15.6. The van der Waals surface area contributed by atoms with Crippen LogP contribution in [0.5, 0.6) is 0 Å². The molecule has 0 spiro atoms. The molecule has 21 heavy (non-hydrogen) atoms. The van der Waals surface area contributed by atoms with Gasteiger partial charge in [-0.1, -0.05) is 19.4 Å². The first-order valence-electron chi connectivity index (χ1n) is 7.44. The molecular formula is C15H28IN5. The number of hydrogen-bond donors (Lipinski definition) is 2. The number of aromatic nitrogens is 1. The average molecular weight is 405 g/mol. The van der Waals surface area contributed by atoms with Crippen molar-refractivity contribution in [1.29, 1.82) is 0 Å². The van der Waals surface area contributed by atoms with Crippen LogP contribution >= 0.6 is 24.0 Å². The van der Waals surface area contributed by atoms with Crippen LogP contribution in [0.3, 0.4) is 0 Å². The summed E-state index contributed by atoms with van der Waals surface area (Å²) in [6.45, 7) is 9.79. The summed E-state index contributed by atoms with van der Waals surface area (Å²) in [4.78, 5) is 11.0. The number of guanidine groups is 1. The molecule has 1 aromatic rings. The molecular weight excluding hydrogens is 377 g/mol. The van der Waals surface area contributed by atoms with Crippen LogP contribution < -0.4 is 16.0 Å². The van der Waals surface area contributed by atoms with Crippen LogP contribution in [0.2, 0.25) is 0 Å². The molecule has 120 valence electrons. The van der Waals surface area contributed by atoms with Crippen LogP contribution in [-0.4, -0.2) is 30.6 Å². The van der Waals surface area contributed by atoms with Crippen molar-refractivity contribution in [3.8, 4) is 0 Å². The highest BCUT2D eigenvalue weighted by Crippen LogP contribution is 2.11. The summed E-state index contributed by atoms with van der Waals surface area (Å²) in [5, 5.41) is 3.10. The molecule has 0 aliphatic heterocycles.